The van der Waals surface area contributed by atoms with Crippen LogP contribution >= 0.6 is 0 Å². The van der Waals surface area contributed by atoms with Crippen LogP contribution in [0.3, 0.4) is 0 Å². The average Bonchev–Trinajstić information content (AvgIpc) is 2.88. The molecular formula is C23H33N3O3. The highest BCUT2D eigenvalue weighted by Gasteiger charge is 2.55. The molecule has 1 saturated carbocycles. The molecule has 1 aliphatic heterocycles. The van der Waals surface area contributed by atoms with Crippen LogP contribution < -0.4 is 10.6 Å². The molecule has 3 unspecified atom stereocenters. The van der Waals surface area contributed by atoms with Crippen LogP contribution in [0.25, 0.3) is 0 Å². The summed E-state index contributed by atoms with van der Waals surface area (Å²) in [5.41, 5.74) is 1.46. The molecule has 1 heterocycles. The van der Waals surface area contributed by atoms with Crippen molar-refractivity contribution in [1.82, 2.24) is 15.5 Å². The Kier molecular flexibility index (Phi) is 5.74. The fourth-order valence-corrected chi connectivity index (χ4v) is 4.42. The van der Waals surface area contributed by atoms with E-state index in [1.807, 2.05) is 26.0 Å². The van der Waals surface area contributed by atoms with Gasteiger partial charge in [-0.3, -0.25) is 14.5 Å². The fraction of sp³-hybridized carbons (Fsp3) is 0.609. The molecule has 0 aromatic heterocycles. The Bertz CT molecular complexity index is 797. The van der Waals surface area contributed by atoms with Crippen LogP contribution in [0, 0.1) is 5.92 Å². The van der Waals surface area contributed by atoms with Gasteiger partial charge in [0, 0.05) is 0 Å². The van der Waals surface area contributed by atoms with E-state index in [9.17, 15) is 14.4 Å². The number of imide groups is 1. The number of nitrogens with zero attached hydrogens (tertiary/aromatic N) is 1. The molecule has 0 bridgehead atoms. The molecule has 6 nitrogen and oxygen atoms in total. The summed E-state index contributed by atoms with van der Waals surface area (Å²) in [6.45, 7) is 10.1. The Labute approximate surface area is 173 Å². The van der Waals surface area contributed by atoms with Crippen LogP contribution in [0.2, 0.25) is 0 Å². The van der Waals surface area contributed by atoms with E-state index in [1.165, 1.54) is 5.56 Å². The summed E-state index contributed by atoms with van der Waals surface area (Å²) in [6.07, 6.45) is 3.54. The van der Waals surface area contributed by atoms with Crippen LogP contribution in [-0.2, 0) is 15.0 Å². The maximum atomic E-state index is 13.0. The van der Waals surface area contributed by atoms with E-state index >= 15 is 0 Å². The van der Waals surface area contributed by atoms with E-state index < -0.39 is 11.6 Å². The Hall–Kier alpha value is -2.37. The average molecular weight is 400 g/mol. The highest BCUT2D eigenvalue weighted by atomic mass is 16.2. The second-order valence-corrected chi connectivity index (χ2v) is 9.60. The first-order valence-corrected chi connectivity index (χ1v) is 10.6. The first-order chi connectivity index (χ1) is 13.5. The van der Waals surface area contributed by atoms with Crippen LogP contribution in [-0.4, -0.2) is 34.8 Å². The van der Waals surface area contributed by atoms with Gasteiger partial charge in [0.15, 0.2) is 0 Å². The Morgan fingerprint density at radius 3 is 2.48 bits per heavy atom. The van der Waals surface area contributed by atoms with Gasteiger partial charge in [-0.1, -0.05) is 64.8 Å². The third kappa shape index (κ3) is 4.16. The van der Waals surface area contributed by atoms with Crippen LogP contribution in [0.4, 0.5) is 4.79 Å². The third-order valence-corrected chi connectivity index (χ3v) is 6.46. The number of hydrogen-bond donors (Lipinski definition) is 2. The molecule has 1 aromatic carbocycles. The molecule has 1 aromatic rings. The van der Waals surface area contributed by atoms with Gasteiger partial charge >= 0.3 is 6.03 Å². The van der Waals surface area contributed by atoms with Crippen molar-refractivity contribution in [2.45, 2.75) is 77.3 Å². The van der Waals surface area contributed by atoms with E-state index in [0.29, 0.717) is 6.42 Å². The molecule has 0 radical (unpaired) electrons. The third-order valence-electron chi connectivity index (χ3n) is 6.46. The second kappa shape index (κ2) is 7.81. The quantitative estimate of drug-likeness (QED) is 0.759. The summed E-state index contributed by atoms with van der Waals surface area (Å²) in [6, 6.07) is 7.50. The monoisotopic (exact) mass is 399 g/mol. The summed E-state index contributed by atoms with van der Waals surface area (Å²) in [4.78, 5) is 39.1. The van der Waals surface area contributed by atoms with Gasteiger partial charge in [-0.05, 0) is 42.2 Å². The number of urea groups is 1. The molecule has 2 fully saturated rings. The lowest BCUT2D eigenvalue weighted by Gasteiger charge is -2.36. The fourth-order valence-electron chi connectivity index (χ4n) is 4.42. The largest absolute Gasteiger partial charge is 0.348 e. The van der Waals surface area contributed by atoms with Gasteiger partial charge in [0.25, 0.3) is 5.91 Å². The molecule has 2 N–H and O–H groups in total. The maximum Gasteiger partial charge on any atom is 0.325 e. The van der Waals surface area contributed by atoms with Crippen molar-refractivity contribution in [2.24, 2.45) is 5.92 Å². The predicted molar refractivity (Wildman–Crippen MR) is 112 cm³/mol. The second-order valence-electron chi connectivity index (χ2n) is 9.60. The number of benzene rings is 1. The van der Waals surface area contributed by atoms with E-state index in [2.05, 4.69) is 43.5 Å². The minimum atomic E-state index is -0.829. The molecule has 3 rings (SSSR count). The van der Waals surface area contributed by atoms with Crippen LogP contribution in [0.5, 0.6) is 0 Å². The van der Waals surface area contributed by atoms with Gasteiger partial charge in [0.2, 0.25) is 5.91 Å². The van der Waals surface area contributed by atoms with Crippen molar-refractivity contribution in [3.05, 3.63) is 35.4 Å². The van der Waals surface area contributed by atoms with Crippen LogP contribution in [0.15, 0.2) is 24.3 Å². The summed E-state index contributed by atoms with van der Waals surface area (Å²) in [5, 5.41) is 5.80. The Morgan fingerprint density at radius 1 is 1.24 bits per heavy atom. The molecule has 6 heteroatoms. The SMILES string of the molecule is CC(NC(=O)CN1C(=O)NC2(CCCCC2C)C1=O)c1ccc(C(C)(C)C)cc1. The number of rotatable bonds is 4. The molecule has 4 amide bonds. The van der Waals surface area contributed by atoms with E-state index in [1.54, 1.807) is 0 Å². The predicted octanol–water partition coefficient (Wildman–Crippen LogP) is 3.66. The smallest absolute Gasteiger partial charge is 0.325 e. The molecule has 1 spiro atoms. The molecule has 29 heavy (non-hydrogen) atoms. The lowest BCUT2D eigenvalue weighted by molar-refractivity contribution is -0.137. The highest BCUT2D eigenvalue weighted by molar-refractivity contribution is 6.09. The van der Waals surface area contributed by atoms with Crippen molar-refractivity contribution in [1.29, 1.82) is 0 Å². The highest BCUT2D eigenvalue weighted by Crippen LogP contribution is 2.38. The van der Waals surface area contributed by atoms with E-state index in [-0.39, 0.29) is 35.7 Å². The van der Waals surface area contributed by atoms with E-state index in [0.717, 1.165) is 29.7 Å². The maximum absolute atomic E-state index is 13.0. The van der Waals surface area contributed by atoms with Crippen molar-refractivity contribution < 1.29 is 14.4 Å². The molecule has 1 saturated heterocycles. The topological polar surface area (TPSA) is 78.5 Å². The number of carbonyl (C=O) groups is 3. The van der Waals surface area contributed by atoms with Crippen molar-refractivity contribution >= 4 is 17.8 Å². The lowest BCUT2D eigenvalue weighted by atomic mass is 9.73. The zero-order valence-electron chi connectivity index (χ0n) is 18.2. The van der Waals surface area contributed by atoms with Crippen molar-refractivity contribution in [3.63, 3.8) is 0 Å². The summed E-state index contributed by atoms with van der Waals surface area (Å²) < 4.78 is 0. The lowest BCUT2D eigenvalue weighted by Crippen LogP contribution is -2.54. The van der Waals surface area contributed by atoms with Gasteiger partial charge in [-0.2, -0.15) is 0 Å². The van der Waals surface area contributed by atoms with Crippen molar-refractivity contribution in [2.75, 3.05) is 6.54 Å². The Balaban J connectivity index is 1.63. The van der Waals surface area contributed by atoms with Gasteiger partial charge in [-0.25, -0.2) is 4.79 Å². The molecule has 1 aliphatic carbocycles. The van der Waals surface area contributed by atoms with Crippen molar-refractivity contribution in [3.8, 4) is 0 Å². The number of hydrogen-bond acceptors (Lipinski definition) is 3. The number of amides is 4. The Morgan fingerprint density at radius 2 is 1.90 bits per heavy atom. The minimum Gasteiger partial charge on any atom is -0.348 e. The van der Waals surface area contributed by atoms with E-state index in [4.69, 9.17) is 0 Å². The standard InChI is InChI=1S/C23H33N3O3/c1-15-8-6-7-13-23(15)20(28)26(21(29)25-23)14-19(27)24-16(2)17-9-11-18(12-10-17)22(3,4)5/h9-12,15-16H,6-8,13-14H2,1-5H3,(H,24,27)(H,25,29). The normalized spacial score (nSPS) is 25.8. The zero-order chi connectivity index (χ0) is 21.4. The minimum absolute atomic E-state index is 0.0701. The van der Waals surface area contributed by atoms with Gasteiger partial charge in [-0.15, -0.1) is 0 Å². The number of nitrogens with one attached hydrogen (secondary N) is 2. The zero-order valence-corrected chi connectivity index (χ0v) is 18.2. The van der Waals surface area contributed by atoms with Gasteiger partial charge in [0.05, 0.1) is 6.04 Å². The molecule has 158 valence electrons. The first kappa shape index (κ1) is 21.3. The van der Waals surface area contributed by atoms with Gasteiger partial charge < -0.3 is 10.6 Å². The van der Waals surface area contributed by atoms with Gasteiger partial charge in [0.1, 0.15) is 12.1 Å². The first-order valence-electron chi connectivity index (χ1n) is 10.6. The number of carbonyl (C=O) groups excluding carboxylic acids is 3. The molecule has 3 atom stereocenters. The molecule has 2 aliphatic rings. The summed E-state index contributed by atoms with van der Waals surface area (Å²) in [5.74, 6) is -0.505. The molecular weight excluding hydrogens is 366 g/mol. The van der Waals surface area contributed by atoms with Crippen LogP contribution in [0.1, 0.15) is 77.5 Å². The summed E-state index contributed by atoms with van der Waals surface area (Å²) in [7, 11) is 0. The summed E-state index contributed by atoms with van der Waals surface area (Å²) >= 11 is 0.